The minimum absolute atomic E-state index is 0.365. The molecule has 0 N–H and O–H groups in total. The first kappa shape index (κ1) is 12.6. The lowest BCUT2D eigenvalue weighted by Crippen LogP contribution is -1.86. The molecule has 18 heavy (non-hydrogen) atoms. The normalized spacial score (nSPS) is 10.1. The zero-order valence-corrected chi connectivity index (χ0v) is 10.4. The molecule has 1 nitrogen and oxygen atoms in total. The fourth-order valence-corrected chi connectivity index (χ4v) is 2.40. The van der Waals surface area contributed by atoms with Crippen LogP contribution in [-0.4, -0.2) is 0 Å². The maximum Gasteiger partial charge on any atom is 0.140 e. The Morgan fingerprint density at radius 2 is 1.78 bits per heavy atom. The monoisotopic (exact) mass is 261 g/mol. The van der Waals surface area contributed by atoms with Crippen molar-refractivity contribution in [1.29, 1.82) is 5.26 Å². The molecule has 2 aromatic rings. The van der Waals surface area contributed by atoms with Crippen LogP contribution in [0.3, 0.4) is 0 Å². The number of rotatable bonds is 2. The molecule has 0 aliphatic carbocycles. The van der Waals surface area contributed by atoms with Crippen molar-refractivity contribution in [3.8, 4) is 6.07 Å². The van der Waals surface area contributed by atoms with Crippen LogP contribution in [0.1, 0.15) is 11.1 Å². The van der Waals surface area contributed by atoms with E-state index in [2.05, 4.69) is 0 Å². The fourth-order valence-electron chi connectivity index (χ4n) is 1.51. The van der Waals surface area contributed by atoms with Crippen LogP contribution in [0.25, 0.3) is 0 Å². The predicted octanol–water partition coefficient (Wildman–Crippen LogP) is 4.30. The summed E-state index contributed by atoms with van der Waals surface area (Å²) in [5.41, 5.74) is 1.46. The summed E-state index contributed by atoms with van der Waals surface area (Å²) in [5, 5.41) is 8.76. The highest BCUT2D eigenvalue weighted by Crippen LogP contribution is 2.32. The molecule has 0 aliphatic rings. The highest BCUT2D eigenvalue weighted by molar-refractivity contribution is 7.99. The first-order valence-corrected chi connectivity index (χ1v) is 6.05. The molecule has 2 rings (SSSR count). The quantitative estimate of drug-likeness (QED) is 0.805. The van der Waals surface area contributed by atoms with Crippen LogP contribution < -0.4 is 0 Å². The molecule has 0 radical (unpaired) electrons. The van der Waals surface area contributed by atoms with E-state index in [9.17, 15) is 8.78 Å². The van der Waals surface area contributed by atoms with Crippen LogP contribution in [0.2, 0.25) is 0 Å². The van der Waals surface area contributed by atoms with Crippen molar-refractivity contribution in [2.24, 2.45) is 0 Å². The Balaban J connectivity index is 2.32. The van der Waals surface area contributed by atoms with Crippen molar-refractivity contribution in [2.75, 3.05) is 0 Å². The Morgan fingerprint density at radius 1 is 1.06 bits per heavy atom. The molecule has 0 spiro atoms. The van der Waals surface area contributed by atoms with Gasteiger partial charge in [-0.15, -0.1) is 0 Å². The van der Waals surface area contributed by atoms with E-state index in [1.54, 1.807) is 18.2 Å². The SMILES string of the molecule is Cc1cc(C#N)ccc1Sc1ccc(F)cc1F. The summed E-state index contributed by atoms with van der Waals surface area (Å²) in [5.74, 6) is -1.17. The second kappa shape index (κ2) is 5.19. The van der Waals surface area contributed by atoms with Gasteiger partial charge in [0.15, 0.2) is 0 Å². The summed E-state index contributed by atoms with van der Waals surface area (Å²) in [6, 6.07) is 10.7. The minimum Gasteiger partial charge on any atom is -0.207 e. The number of hydrogen-bond acceptors (Lipinski definition) is 2. The summed E-state index contributed by atoms with van der Waals surface area (Å²) < 4.78 is 26.3. The molecule has 0 heterocycles. The van der Waals surface area contributed by atoms with E-state index in [4.69, 9.17) is 5.26 Å². The lowest BCUT2D eigenvalue weighted by Gasteiger charge is -2.06. The van der Waals surface area contributed by atoms with E-state index in [1.165, 1.54) is 23.9 Å². The van der Waals surface area contributed by atoms with Gasteiger partial charge in [-0.2, -0.15) is 5.26 Å². The van der Waals surface area contributed by atoms with E-state index >= 15 is 0 Å². The zero-order chi connectivity index (χ0) is 13.1. The molecular weight excluding hydrogens is 252 g/mol. The van der Waals surface area contributed by atoms with Crippen molar-refractivity contribution < 1.29 is 8.78 Å². The van der Waals surface area contributed by atoms with Gasteiger partial charge in [0.1, 0.15) is 11.6 Å². The molecule has 0 saturated carbocycles. The molecule has 0 aliphatic heterocycles. The molecule has 0 unspecified atom stereocenters. The summed E-state index contributed by atoms with van der Waals surface area (Å²) in [7, 11) is 0. The van der Waals surface area contributed by atoms with Crippen molar-refractivity contribution in [3.05, 3.63) is 59.2 Å². The molecule has 0 atom stereocenters. The molecule has 0 amide bonds. The maximum absolute atomic E-state index is 13.5. The summed E-state index contributed by atoms with van der Waals surface area (Å²) in [4.78, 5) is 1.21. The third-order valence-electron chi connectivity index (χ3n) is 2.42. The fraction of sp³-hybridized carbons (Fsp3) is 0.0714. The summed E-state index contributed by atoms with van der Waals surface area (Å²) in [6.07, 6.45) is 0. The lowest BCUT2D eigenvalue weighted by atomic mass is 10.2. The van der Waals surface area contributed by atoms with Gasteiger partial charge in [0.2, 0.25) is 0 Å². The van der Waals surface area contributed by atoms with Crippen molar-refractivity contribution in [1.82, 2.24) is 0 Å². The average molecular weight is 261 g/mol. The topological polar surface area (TPSA) is 23.8 Å². The Bertz CT molecular complexity index is 632. The molecule has 90 valence electrons. The lowest BCUT2D eigenvalue weighted by molar-refractivity contribution is 0.565. The largest absolute Gasteiger partial charge is 0.207 e. The Kier molecular flexibility index (Phi) is 3.63. The van der Waals surface area contributed by atoms with E-state index in [1.807, 2.05) is 13.0 Å². The maximum atomic E-state index is 13.5. The van der Waals surface area contributed by atoms with Gasteiger partial charge in [0.05, 0.1) is 11.6 Å². The van der Waals surface area contributed by atoms with Crippen LogP contribution in [0.5, 0.6) is 0 Å². The van der Waals surface area contributed by atoms with Gasteiger partial charge in [-0.1, -0.05) is 11.8 Å². The highest BCUT2D eigenvalue weighted by atomic mass is 32.2. The Hall–Kier alpha value is -1.86. The third-order valence-corrected chi connectivity index (χ3v) is 3.65. The van der Waals surface area contributed by atoms with E-state index < -0.39 is 11.6 Å². The first-order chi connectivity index (χ1) is 8.60. The Morgan fingerprint density at radius 3 is 2.39 bits per heavy atom. The zero-order valence-electron chi connectivity index (χ0n) is 9.58. The van der Waals surface area contributed by atoms with Crippen molar-refractivity contribution >= 4 is 11.8 Å². The van der Waals surface area contributed by atoms with Gasteiger partial charge in [-0.3, -0.25) is 0 Å². The third kappa shape index (κ3) is 2.69. The van der Waals surface area contributed by atoms with Gasteiger partial charge < -0.3 is 0 Å². The van der Waals surface area contributed by atoms with Crippen LogP contribution >= 0.6 is 11.8 Å². The van der Waals surface area contributed by atoms with E-state index in [0.717, 1.165) is 16.5 Å². The second-order valence-corrected chi connectivity index (χ2v) is 4.85. The van der Waals surface area contributed by atoms with Crippen LogP contribution in [0.4, 0.5) is 8.78 Å². The van der Waals surface area contributed by atoms with Gasteiger partial charge in [0, 0.05) is 15.9 Å². The van der Waals surface area contributed by atoms with Crippen LogP contribution in [0, 0.1) is 29.9 Å². The van der Waals surface area contributed by atoms with E-state index in [0.29, 0.717) is 10.5 Å². The molecule has 0 fully saturated rings. The molecule has 0 bridgehead atoms. The number of nitrogens with zero attached hydrogens (tertiary/aromatic N) is 1. The van der Waals surface area contributed by atoms with Crippen molar-refractivity contribution in [3.63, 3.8) is 0 Å². The average Bonchev–Trinajstić information content (AvgIpc) is 2.34. The number of aryl methyl sites for hydroxylation is 1. The molecular formula is C14H9F2NS. The molecule has 2 aromatic carbocycles. The molecule has 4 heteroatoms. The van der Waals surface area contributed by atoms with Crippen LogP contribution in [-0.2, 0) is 0 Å². The van der Waals surface area contributed by atoms with E-state index in [-0.39, 0.29) is 0 Å². The highest BCUT2D eigenvalue weighted by Gasteiger charge is 2.08. The predicted molar refractivity (Wildman–Crippen MR) is 66.4 cm³/mol. The number of nitriles is 1. The van der Waals surface area contributed by atoms with Crippen molar-refractivity contribution in [2.45, 2.75) is 16.7 Å². The smallest absolute Gasteiger partial charge is 0.140 e. The van der Waals surface area contributed by atoms with Gasteiger partial charge in [-0.05, 0) is 42.8 Å². The van der Waals surface area contributed by atoms with Gasteiger partial charge in [0.25, 0.3) is 0 Å². The molecule has 0 saturated heterocycles. The first-order valence-electron chi connectivity index (χ1n) is 5.24. The second-order valence-electron chi connectivity index (χ2n) is 3.77. The summed E-state index contributed by atoms with van der Waals surface area (Å²) >= 11 is 1.22. The summed E-state index contributed by atoms with van der Waals surface area (Å²) in [6.45, 7) is 1.85. The van der Waals surface area contributed by atoms with Crippen LogP contribution in [0.15, 0.2) is 46.2 Å². The number of halogens is 2. The van der Waals surface area contributed by atoms with Gasteiger partial charge >= 0.3 is 0 Å². The number of benzene rings is 2. The number of hydrogen-bond donors (Lipinski definition) is 0. The standard InChI is InChI=1S/C14H9F2NS/c1-9-6-10(8-17)2-4-13(9)18-14-5-3-11(15)7-12(14)16/h2-7H,1H3. The minimum atomic E-state index is -0.589. The Labute approximate surface area is 108 Å². The van der Waals surface area contributed by atoms with Gasteiger partial charge in [-0.25, -0.2) is 8.78 Å². The molecule has 0 aromatic heterocycles.